The molecule has 0 atom stereocenters. The van der Waals surface area contributed by atoms with Gasteiger partial charge in [0.2, 0.25) is 0 Å². The Kier molecular flexibility index (Phi) is 1.97. The van der Waals surface area contributed by atoms with E-state index >= 15 is 0 Å². The number of hydrogen-bond donors (Lipinski definition) is 3. The van der Waals surface area contributed by atoms with Crippen LogP contribution >= 0.6 is 0 Å². The summed E-state index contributed by atoms with van der Waals surface area (Å²) in [5, 5.41) is 21.2. The van der Waals surface area contributed by atoms with Crippen molar-refractivity contribution in [1.82, 2.24) is 14.6 Å². The highest BCUT2D eigenvalue weighted by Gasteiger charge is 2.18. The van der Waals surface area contributed by atoms with Crippen molar-refractivity contribution in [3.05, 3.63) is 23.5 Å². The van der Waals surface area contributed by atoms with Crippen molar-refractivity contribution < 1.29 is 19.8 Å². The molecule has 0 fully saturated rings. The average Bonchev–Trinajstić information content (AvgIpc) is 2.61. The topological polar surface area (TPSA) is 131 Å². The van der Waals surface area contributed by atoms with Gasteiger partial charge in [-0.1, -0.05) is 0 Å². The largest absolute Gasteiger partial charge is 0.477 e. The summed E-state index contributed by atoms with van der Waals surface area (Å²) in [5.41, 5.74) is 5.16. The highest BCUT2D eigenvalue weighted by Crippen LogP contribution is 2.15. The molecule has 0 aliphatic heterocycles. The number of fused-ring (bicyclic) bond motifs is 1. The number of rotatable bonds is 2. The number of nitrogens with zero attached hydrogens (tertiary/aromatic N) is 3. The quantitative estimate of drug-likeness (QED) is 0.635. The van der Waals surface area contributed by atoms with Crippen molar-refractivity contribution >= 4 is 23.4 Å². The second-order valence-corrected chi connectivity index (χ2v) is 2.96. The van der Waals surface area contributed by atoms with E-state index in [0.717, 1.165) is 16.9 Å². The molecule has 0 saturated carbocycles. The van der Waals surface area contributed by atoms with Crippen molar-refractivity contribution in [3.8, 4) is 0 Å². The first kappa shape index (κ1) is 9.90. The summed E-state index contributed by atoms with van der Waals surface area (Å²) >= 11 is 0. The van der Waals surface area contributed by atoms with Gasteiger partial charge in [0.05, 0.1) is 6.20 Å². The predicted octanol–water partition coefficient (Wildman–Crippen LogP) is -0.292. The molecule has 2 heterocycles. The Morgan fingerprint density at radius 1 is 1.19 bits per heavy atom. The molecular formula is C8H6N4O4. The van der Waals surface area contributed by atoms with Gasteiger partial charge in [0, 0.05) is 6.20 Å². The molecule has 8 heteroatoms. The Labute approximate surface area is 87.9 Å². The maximum atomic E-state index is 10.8. The highest BCUT2D eigenvalue weighted by molar-refractivity contribution is 5.96. The van der Waals surface area contributed by atoms with Crippen molar-refractivity contribution in [2.45, 2.75) is 0 Å². The number of aromatic nitrogens is 3. The van der Waals surface area contributed by atoms with Crippen LogP contribution in [0.15, 0.2) is 12.4 Å². The van der Waals surface area contributed by atoms with Crippen LogP contribution in [0.1, 0.15) is 20.7 Å². The first-order valence-corrected chi connectivity index (χ1v) is 4.11. The average molecular weight is 222 g/mol. The summed E-state index contributed by atoms with van der Waals surface area (Å²) in [6.45, 7) is 0. The van der Waals surface area contributed by atoms with Crippen LogP contribution in [-0.2, 0) is 0 Å². The third kappa shape index (κ3) is 1.24. The first-order valence-electron chi connectivity index (χ1n) is 4.11. The van der Waals surface area contributed by atoms with Gasteiger partial charge in [-0.05, 0) is 0 Å². The molecule has 0 spiro atoms. The van der Waals surface area contributed by atoms with Crippen LogP contribution in [0, 0.1) is 0 Å². The molecule has 4 N–H and O–H groups in total. The SMILES string of the molecule is Nc1c(C(=O)O)cnc2c(C(=O)O)cnn12. The second kappa shape index (κ2) is 3.19. The fourth-order valence-corrected chi connectivity index (χ4v) is 1.26. The molecule has 0 aliphatic carbocycles. The van der Waals surface area contributed by atoms with Crippen LogP contribution in [0.3, 0.4) is 0 Å². The van der Waals surface area contributed by atoms with Crippen LogP contribution in [0.5, 0.6) is 0 Å². The lowest BCUT2D eigenvalue weighted by molar-refractivity contribution is 0.0688. The van der Waals surface area contributed by atoms with E-state index in [1.807, 2.05) is 0 Å². The second-order valence-electron chi connectivity index (χ2n) is 2.96. The number of carboxylic acid groups (broad SMARTS) is 2. The summed E-state index contributed by atoms with van der Waals surface area (Å²) in [4.78, 5) is 25.2. The number of nitrogen functional groups attached to an aromatic ring is 1. The van der Waals surface area contributed by atoms with E-state index in [1.54, 1.807) is 0 Å². The third-order valence-electron chi connectivity index (χ3n) is 2.02. The number of hydrogen-bond acceptors (Lipinski definition) is 5. The van der Waals surface area contributed by atoms with Gasteiger partial charge in [-0.2, -0.15) is 9.61 Å². The van der Waals surface area contributed by atoms with Gasteiger partial charge >= 0.3 is 11.9 Å². The van der Waals surface area contributed by atoms with Gasteiger partial charge in [-0.15, -0.1) is 0 Å². The number of carboxylic acids is 2. The lowest BCUT2D eigenvalue weighted by Gasteiger charge is -2.02. The molecule has 0 bridgehead atoms. The smallest absolute Gasteiger partial charge is 0.341 e. The maximum Gasteiger partial charge on any atom is 0.341 e. The van der Waals surface area contributed by atoms with Crippen molar-refractivity contribution in [1.29, 1.82) is 0 Å². The highest BCUT2D eigenvalue weighted by atomic mass is 16.4. The molecule has 2 aromatic heterocycles. The molecule has 0 saturated heterocycles. The molecule has 0 aromatic carbocycles. The summed E-state index contributed by atoms with van der Waals surface area (Å²) < 4.78 is 0.979. The monoisotopic (exact) mass is 222 g/mol. The minimum atomic E-state index is -1.25. The van der Waals surface area contributed by atoms with Gasteiger partial charge < -0.3 is 15.9 Å². The number of aromatic carboxylic acids is 2. The van der Waals surface area contributed by atoms with Crippen LogP contribution in [0.2, 0.25) is 0 Å². The minimum Gasteiger partial charge on any atom is -0.477 e. The molecule has 16 heavy (non-hydrogen) atoms. The lowest BCUT2D eigenvalue weighted by Crippen LogP contribution is -2.10. The molecule has 0 unspecified atom stereocenters. The Morgan fingerprint density at radius 2 is 1.81 bits per heavy atom. The molecular weight excluding hydrogens is 216 g/mol. The Hall–Kier alpha value is -2.64. The Balaban J connectivity index is 2.78. The maximum absolute atomic E-state index is 10.8. The van der Waals surface area contributed by atoms with Crippen LogP contribution in [0.4, 0.5) is 5.82 Å². The molecule has 0 aliphatic rings. The molecule has 82 valence electrons. The summed E-state index contributed by atoms with van der Waals surface area (Å²) in [7, 11) is 0. The van der Waals surface area contributed by atoms with Crippen molar-refractivity contribution in [2.75, 3.05) is 5.73 Å². The summed E-state index contributed by atoms with van der Waals surface area (Å²) in [6, 6.07) is 0. The van der Waals surface area contributed by atoms with Gasteiger partial charge in [0.15, 0.2) is 5.65 Å². The van der Waals surface area contributed by atoms with Crippen LogP contribution < -0.4 is 5.73 Å². The Morgan fingerprint density at radius 3 is 2.38 bits per heavy atom. The first-order chi connectivity index (χ1) is 7.52. The predicted molar refractivity (Wildman–Crippen MR) is 51.3 cm³/mol. The van der Waals surface area contributed by atoms with E-state index in [2.05, 4.69) is 10.1 Å². The Bertz CT molecular complexity index is 603. The lowest BCUT2D eigenvalue weighted by atomic mass is 10.3. The minimum absolute atomic E-state index is 0.00926. The fraction of sp³-hybridized carbons (Fsp3) is 0. The number of anilines is 1. The van der Waals surface area contributed by atoms with E-state index in [0.29, 0.717) is 0 Å². The molecule has 0 amide bonds. The van der Waals surface area contributed by atoms with Gasteiger partial charge in [-0.25, -0.2) is 14.6 Å². The standard InChI is InChI=1S/C8H6N4O4/c9-5-3(7(13)14)1-10-6-4(8(15)16)2-11-12(5)6/h1-2H,9H2,(H,13,14)(H,15,16). The molecule has 2 rings (SSSR count). The van der Waals surface area contributed by atoms with Crippen LogP contribution in [0.25, 0.3) is 5.65 Å². The number of carbonyl (C=O) groups is 2. The summed E-state index contributed by atoms with van der Waals surface area (Å²) in [6.07, 6.45) is 2.06. The van der Waals surface area contributed by atoms with E-state index in [1.165, 1.54) is 0 Å². The normalized spacial score (nSPS) is 10.5. The van der Waals surface area contributed by atoms with Crippen molar-refractivity contribution in [2.24, 2.45) is 0 Å². The zero-order valence-corrected chi connectivity index (χ0v) is 7.78. The molecule has 8 nitrogen and oxygen atoms in total. The molecule has 0 radical (unpaired) electrons. The summed E-state index contributed by atoms with van der Waals surface area (Å²) in [5.74, 6) is -2.62. The fourth-order valence-electron chi connectivity index (χ4n) is 1.26. The zero-order chi connectivity index (χ0) is 11.9. The third-order valence-corrected chi connectivity index (χ3v) is 2.02. The van der Waals surface area contributed by atoms with Gasteiger partial charge in [0.1, 0.15) is 16.9 Å². The zero-order valence-electron chi connectivity index (χ0n) is 7.78. The van der Waals surface area contributed by atoms with Crippen molar-refractivity contribution in [3.63, 3.8) is 0 Å². The van der Waals surface area contributed by atoms with Gasteiger partial charge in [0.25, 0.3) is 0 Å². The number of nitrogens with two attached hydrogens (primary N) is 1. The van der Waals surface area contributed by atoms with Crippen LogP contribution in [-0.4, -0.2) is 36.7 Å². The van der Waals surface area contributed by atoms with E-state index in [4.69, 9.17) is 15.9 Å². The molecule has 2 aromatic rings. The van der Waals surface area contributed by atoms with Gasteiger partial charge in [-0.3, -0.25) is 0 Å². The van der Waals surface area contributed by atoms with E-state index in [-0.39, 0.29) is 22.6 Å². The van der Waals surface area contributed by atoms with E-state index < -0.39 is 11.9 Å². The van der Waals surface area contributed by atoms with E-state index in [9.17, 15) is 9.59 Å².